The van der Waals surface area contributed by atoms with Crippen molar-refractivity contribution in [3.05, 3.63) is 42.2 Å². The van der Waals surface area contributed by atoms with Crippen LogP contribution in [0.25, 0.3) is 17.0 Å². The van der Waals surface area contributed by atoms with Gasteiger partial charge < -0.3 is 10.6 Å². The van der Waals surface area contributed by atoms with Gasteiger partial charge in [0.05, 0.1) is 17.3 Å². The Bertz CT molecular complexity index is 901. The summed E-state index contributed by atoms with van der Waals surface area (Å²) in [4.78, 5) is 8.78. The lowest BCUT2D eigenvalue weighted by atomic mass is 9.98. The van der Waals surface area contributed by atoms with Crippen LogP contribution >= 0.6 is 0 Å². The fourth-order valence-corrected chi connectivity index (χ4v) is 3.16. The molecule has 7 nitrogen and oxygen atoms in total. The van der Waals surface area contributed by atoms with E-state index in [2.05, 4.69) is 31.8 Å². The lowest BCUT2D eigenvalue weighted by molar-refractivity contribution is 0.389. The number of nitrogens with one attached hydrogen (secondary N) is 2. The summed E-state index contributed by atoms with van der Waals surface area (Å²) >= 11 is 0. The molecular formula is C18H19N7. The number of fused-ring (bicyclic) bond motifs is 1. The third kappa shape index (κ3) is 3.30. The molecule has 0 amide bonds. The minimum absolute atomic E-state index is 0.565. The first kappa shape index (κ1) is 15.5. The molecule has 0 unspecified atom stereocenters. The van der Waals surface area contributed by atoms with Gasteiger partial charge in [0.1, 0.15) is 12.1 Å². The summed E-state index contributed by atoms with van der Waals surface area (Å²) < 4.78 is 1.72. The number of nitriles is 1. The molecule has 1 aliphatic rings. The first-order valence-electron chi connectivity index (χ1n) is 8.49. The van der Waals surface area contributed by atoms with E-state index in [0.717, 1.165) is 36.7 Å². The van der Waals surface area contributed by atoms with E-state index in [0.29, 0.717) is 17.3 Å². The molecule has 1 aromatic carbocycles. The average molecular weight is 333 g/mol. The van der Waals surface area contributed by atoms with E-state index in [4.69, 9.17) is 5.26 Å². The molecule has 0 atom stereocenters. The van der Waals surface area contributed by atoms with Crippen molar-refractivity contribution in [1.82, 2.24) is 24.9 Å². The zero-order valence-corrected chi connectivity index (χ0v) is 13.8. The monoisotopic (exact) mass is 333 g/mol. The highest BCUT2D eigenvalue weighted by Crippen LogP contribution is 2.23. The van der Waals surface area contributed by atoms with Crippen LogP contribution in [-0.4, -0.2) is 39.2 Å². The molecule has 25 heavy (non-hydrogen) atoms. The van der Waals surface area contributed by atoms with E-state index in [1.165, 1.54) is 19.2 Å². The maximum absolute atomic E-state index is 8.97. The lowest BCUT2D eigenvalue weighted by Crippen LogP contribution is -2.31. The van der Waals surface area contributed by atoms with Crippen molar-refractivity contribution in [2.24, 2.45) is 5.92 Å². The molecule has 1 saturated heterocycles. The number of aromatic nitrogens is 4. The van der Waals surface area contributed by atoms with Gasteiger partial charge in [-0.25, -0.2) is 0 Å². The van der Waals surface area contributed by atoms with Crippen LogP contribution in [0.5, 0.6) is 0 Å². The van der Waals surface area contributed by atoms with Gasteiger partial charge >= 0.3 is 0 Å². The summed E-state index contributed by atoms with van der Waals surface area (Å²) in [5.74, 6) is 2.03. The second-order valence-electron chi connectivity index (χ2n) is 6.26. The molecule has 3 heterocycles. The Hall–Kier alpha value is -2.98. The van der Waals surface area contributed by atoms with Crippen LogP contribution < -0.4 is 10.6 Å². The molecule has 0 bridgehead atoms. The SMILES string of the molecule is N#Cc1ccc(-c2cc(NCC3CCNCC3)nc3ncnn23)cc1. The molecule has 2 aromatic heterocycles. The molecule has 0 saturated carbocycles. The average Bonchev–Trinajstić information content (AvgIpc) is 3.15. The van der Waals surface area contributed by atoms with Gasteiger partial charge in [0.2, 0.25) is 0 Å². The van der Waals surface area contributed by atoms with E-state index in [1.54, 1.807) is 16.6 Å². The van der Waals surface area contributed by atoms with Crippen LogP contribution in [0.2, 0.25) is 0 Å². The molecular weight excluding hydrogens is 314 g/mol. The number of hydrogen-bond donors (Lipinski definition) is 2. The van der Waals surface area contributed by atoms with E-state index < -0.39 is 0 Å². The van der Waals surface area contributed by atoms with E-state index >= 15 is 0 Å². The summed E-state index contributed by atoms with van der Waals surface area (Å²) in [5.41, 5.74) is 2.51. The van der Waals surface area contributed by atoms with E-state index in [1.807, 2.05) is 18.2 Å². The second-order valence-corrected chi connectivity index (χ2v) is 6.26. The van der Waals surface area contributed by atoms with Gasteiger partial charge in [-0.05, 0) is 44.0 Å². The Labute approximate surface area is 145 Å². The van der Waals surface area contributed by atoms with Crippen molar-refractivity contribution in [3.8, 4) is 17.3 Å². The Kier molecular flexibility index (Phi) is 4.27. The summed E-state index contributed by atoms with van der Waals surface area (Å²) in [6.07, 6.45) is 3.87. The minimum Gasteiger partial charge on any atom is -0.370 e. The highest BCUT2D eigenvalue weighted by molar-refractivity contribution is 5.66. The van der Waals surface area contributed by atoms with Crippen molar-refractivity contribution in [3.63, 3.8) is 0 Å². The summed E-state index contributed by atoms with van der Waals surface area (Å²) in [6, 6.07) is 11.6. The largest absolute Gasteiger partial charge is 0.370 e. The topological polar surface area (TPSA) is 90.9 Å². The quantitative estimate of drug-likeness (QED) is 0.759. The smallest absolute Gasteiger partial charge is 0.254 e. The van der Waals surface area contributed by atoms with Crippen LogP contribution in [0.15, 0.2) is 36.7 Å². The van der Waals surface area contributed by atoms with Crippen molar-refractivity contribution in [1.29, 1.82) is 5.26 Å². The number of rotatable bonds is 4. The maximum atomic E-state index is 8.97. The third-order valence-electron chi connectivity index (χ3n) is 4.59. The van der Waals surface area contributed by atoms with Gasteiger partial charge in [-0.2, -0.15) is 24.8 Å². The van der Waals surface area contributed by atoms with Crippen molar-refractivity contribution in [2.45, 2.75) is 12.8 Å². The van der Waals surface area contributed by atoms with Crippen LogP contribution in [0.4, 0.5) is 5.82 Å². The molecule has 0 spiro atoms. The molecule has 1 fully saturated rings. The van der Waals surface area contributed by atoms with E-state index in [-0.39, 0.29) is 0 Å². The molecule has 4 rings (SSSR count). The van der Waals surface area contributed by atoms with Gasteiger partial charge in [0.15, 0.2) is 0 Å². The fourth-order valence-electron chi connectivity index (χ4n) is 3.16. The van der Waals surface area contributed by atoms with Gasteiger partial charge in [-0.15, -0.1) is 0 Å². The van der Waals surface area contributed by atoms with Gasteiger partial charge in [-0.3, -0.25) is 0 Å². The molecule has 0 aliphatic carbocycles. The fraction of sp³-hybridized carbons (Fsp3) is 0.333. The zero-order valence-electron chi connectivity index (χ0n) is 13.8. The number of hydrogen-bond acceptors (Lipinski definition) is 6. The first-order chi connectivity index (χ1) is 12.3. The Balaban J connectivity index is 1.63. The van der Waals surface area contributed by atoms with Crippen molar-refractivity contribution < 1.29 is 0 Å². The van der Waals surface area contributed by atoms with Crippen LogP contribution in [0.3, 0.4) is 0 Å². The maximum Gasteiger partial charge on any atom is 0.254 e. The Morgan fingerprint density at radius 2 is 2.04 bits per heavy atom. The first-order valence-corrected chi connectivity index (χ1v) is 8.49. The molecule has 2 N–H and O–H groups in total. The number of benzene rings is 1. The van der Waals surface area contributed by atoms with Gasteiger partial charge in [0, 0.05) is 18.2 Å². The van der Waals surface area contributed by atoms with Crippen LogP contribution in [-0.2, 0) is 0 Å². The number of piperidine rings is 1. The predicted octanol–water partition coefficient (Wildman–Crippen LogP) is 2.07. The van der Waals surface area contributed by atoms with E-state index in [9.17, 15) is 0 Å². The zero-order chi connectivity index (χ0) is 17.1. The third-order valence-corrected chi connectivity index (χ3v) is 4.59. The molecule has 1 aliphatic heterocycles. The Morgan fingerprint density at radius 1 is 1.24 bits per heavy atom. The second kappa shape index (κ2) is 6.87. The van der Waals surface area contributed by atoms with Crippen LogP contribution in [0.1, 0.15) is 18.4 Å². The molecule has 3 aromatic rings. The van der Waals surface area contributed by atoms with Crippen molar-refractivity contribution >= 4 is 11.6 Å². The van der Waals surface area contributed by atoms with Crippen molar-refractivity contribution in [2.75, 3.05) is 25.0 Å². The number of nitrogens with zero attached hydrogens (tertiary/aromatic N) is 5. The summed E-state index contributed by atoms with van der Waals surface area (Å²) in [6.45, 7) is 3.07. The van der Waals surface area contributed by atoms with Gasteiger partial charge in [-0.1, -0.05) is 12.1 Å². The molecule has 0 radical (unpaired) electrons. The molecule has 7 heteroatoms. The molecule has 126 valence electrons. The standard InChI is InChI=1S/C18H19N7/c19-10-13-1-3-15(4-2-13)16-9-17(24-18-22-12-23-25(16)18)21-11-14-5-7-20-8-6-14/h1-4,9,12,14,20H,5-8,11H2,(H,21,22,23,24). The van der Waals surface area contributed by atoms with Crippen LogP contribution in [0, 0.1) is 17.2 Å². The lowest BCUT2D eigenvalue weighted by Gasteiger charge is -2.23. The summed E-state index contributed by atoms with van der Waals surface area (Å²) in [7, 11) is 0. The van der Waals surface area contributed by atoms with Gasteiger partial charge in [0.25, 0.3) is 5.78 Å². The number of anilines is 1. The highest BCUT2D eigenvalue weighted by Gasteiger charge is 2.14. The predicted molar refractivity (Wildman–Crippen MR) is 95.0 cm³/mol. The minimum atomic E-state index is 0.565. The normalized spacial score (nSPS) is 15.2. The highest BCUT2D eigenvalue weighted by atomic mass is 15.3. The summed E-state index contributed by atoms with van der Waals surface area (Å²) in [5, 5.41) is 20.1. The Morgan fingerprint density at radius 3 is 2.80 bits per heavy atom.